The first-order chi connectivity index (χ1) is 10.6. The Morgan fingerprint density at radius 3 is 2.57 bits per heavy atom. The van der Waals surface area contributed by atoms with Crippen LogP contribution in [0.25, 0.3) is 0 Å². The van der Waals surface area contributed by atoms with Gasteiger partial charge in [-0.05, 0) is 68.1 Å². The van der Waals surface area contributed by atoms with E-state index in [1.807, 2.05) is 6.92 Å². The largest absolute Gasteiger partial charge is 0.481 e. The maximum atomic E-state index is 10.9. The van der Waals surface area contributed by atoms with E-state index in [9.17, 15) is 9.90 Å². The Morgan fingerprint density at radius 1 is 1.30 bits per heavy atom. The molecule has 0 aromatic rings. The van der Waals surface area contributed by atoms with E-state index in [2.05, 4.69) is 27.7 Å². The Balaban J connectivity index is 2.19. The molecule has 0 aliphatic heterocycles. The standard InChI is InChI=1S/C20H34O3/c1-13(12-18(22)23)6-8-15-14(2)7-9-16-19(3,4)17(21)10-11-20(15,16)5/h13,16-17,21H,6-12H2,1-5H3,(H,22,23)/t13-,16-,17-,20+/m1/s1. The number of aliphatic hydroxyl groups excluding tert-OH is 1. The summed E-state index contributed by atoms with van der Waals surface area (Å²) in [7, 11) is 0. The van der Waals surface area contributed by atoms with Gasteiger partial charge in [0, 0.05) is 6.42 Å². The highest BCUT2D eigenvalue weighted by molar-refractivity contribution is 5.66. The predicted molar refractivity (Wildman–Crippen MR) is 93.2 cm³/mol. The molecule has 2 aliphatic rings. The van der Waals surface area contributed by atoms with Crippen LogP contribution in [0.15, 0.2) is 11.1 Å². The molecule has 132 valence electrons. The van der Waals surface area contributed by atoms with E-state index in [0.717, 1.165) is 32.1 Å². The van der Waals surface area contributed by atoms with Crippen LogP contribution < -0.4 is 0 Å². The first-order valence-electron chi connectivity index (χ1n) is 9.18. The fourth-order valence-corrected chi connectivity index (χ4v) is 5.38. The lowest BCUT2D eigenvalue weighted by Crippen LogP contribution is -2.52. The number of rotatable bonds is 5. The molecule has 1 saturated carbocycles. The van der Waals surface area contributed by atoms with Gasteiger partial charge in [-0.3, -0.25) is 4.79 Å². The summed E-state index contributed by atoms with van der Waals surface area (Å²) >= 11 is 0. The number of carboxylic acids is 1. The van der Waals surface area contributed by atoms with Crippen molar-refractivity contribution in [2.24, 2.45) is 22.7 Å². The van der Waals surface area contributed by atoms with Crippen molar-refractivity contribution in [3.63, 3.8) is 0 Å². The first-order valence-corrected chi connectivity index (χ1v) is 9.18. The van der Waals surface area contributed by atoms with E-state index in [0.29, 0.717) is 5.92 Å². The minimum absolute atomic E-state index is 0.0361. The summed E-state index contributed by atoms with van der Waals surface area (Å²) in [6, 6.07) is 0. The van der Waals surface area contributed by atoms with Gasteiger partial charge in [0.2, 0.25) is 0 Å². The Labute approximate surface area is 141 Å². The molecule has 3 heteroatoms. The summed E-state index contributed by atoms with van der Waals surface area (Å²) in [6.45, 7) is 11.2. The molecule has 4 atom stereocenters. The van der Waals surface area contributed by atoms with Gasteiger partial charge in [-0.25, -0.2) is 0 Å². The van der Waals surface area contributed by atoms with Crippen LogP contribution in [-0.2, 0) is 4.79 Å². The Bertz CT molecular complexity index is 491. The number of aliphatic hydroxyl groups is 1. The monoisotopic (exact) mass is 322 g/mol. The van der Waals surface area contributed by atoms with Crippen LogP contribution in [-0.4, -0.2) is 22.3 Å². The van der Waals surface area contributed by atoms with Crippen molar-refractivity contribution >= 4 is 5.97 Å². The second-order valence-corrected chi connectivity index (χ2v) is 8.89. The summed E-state index contributed by atoms with van der Waals surface area (Å²) in [5.74, 6) is 0.0454. The quantitative estimate of drug-likeness (QED) is 0.715. The molecule has 1 fully saturated rings. The van der Waals surface area contributed by atoms with Crippen LogP contribution in [0.3, 0.4) is 0 Å². The summed E-state index contributed by atoms with van der Waals surface area (Å²) in [5.41, 5.74) is 3.21. The predicted octanol–water partition coefficient (Wildman–Crippen LogP) is 4.79. The van der Waals surface area contributed by atoms with Gasteiger partial charge in [0.1, 0.15) is 0 Å². The Kier molecular flexibility index (Phi) is 5.30. The lowest BCUT2D eigenvalue weighted by molar-refractivity contribution is -0.138. The molecule has 0 bridgehead atoms. The van der Waals surface area contributed by atoms with Crippen LogP contribution >= 0.6 is 0 Å². The van der Waals surface area contributed by atoms with Gasteiger partial charge in [-0.15, -0.1) is 0 Å². The fraction of sp³-hybridized carbons (Fsp3) is 0.850. The number of allylic oxidation sites excluding steroid dienone is 2. The molecule has 0 spiro atoms. The van der Waals surface area contributed by atoms with Gasteiger partial charge >= 0.3 is 5.97 Å². The van der Waals surface area contributed by atoms with Crippen molar-refractivity contribution in [3.05, 3.63) is 11.1 Å². The minimum atomic E-state index is -0.696. The average molecular weight is 322 g/mol. The number of carbonyl (C=O) groups is 1. The Morgan fingerprint density at radius 2 is 1.96 bits per heavy atom. The van der Waals surface area contributed by atoms with Crippen molar-refractivity contribution in [3.8, 4) is 0 Å². The van der Waals surface area contributed by atoms with Gasteiger partial charge in [-0.1, -0.05) is 38.8 Å². The number of carboxylic acid groups (broad SMARTS) is 1. The highest BCUT2D eigenvalue weighted by atomic mass is 16.4. The van der Waals surface area contributed by atoms with E-state index in [1.165, 1.54) is 12.0 Å². The number of fused-ring (bicyclic) bond motifs is 1. The molecule has 2 N–H and O–H groups in total. The fourth-order valence-electron chi connectivity index (χ4n) is 5.38. The maximum Gasteiger partial charge on any atom is 0.303 e. The van der Waals surface area contributed by atoms with Crippen LogP contribution in [0.1, 0.15) is 79.6 Å². The van der Waals surface area contributed by atoms with Gasteiger partial charge < -0.3 is 10.2 Å². The zero-order valence-corrected chi connectivity index (χ0v) is 15.5. The van der Waals surface area contributed by atoms with Gasteiger partial charge in [0.25, 0.3) is 0 Å². The highest BCUT2D eigenvalue weighted by Gasteiger charge is 2.53. The normalized spacial score (nSPS) is 34.9. The van der Waals surface area contributed by atoms with Crippen LogP contribution in [0, 0.1) is 22.7 Å². The molecule has 0 unspecified atom stereocenters. The molecule has 0 amide bonds. The Hall–Kier alpha value is -0.830. The SMILES string of the molecule is CC1=C(CC[C@@H](C)CC(=O)O)[C@]2(C)CC[C@@H](O)C(C)(C)[C@H]2CC1. The number of aliphatic carboxylic acids is 1. The second kappa shape index (κ2) is 6.58. The summed E-state index contributed by atoms with van der Waals surface area (Å²) in [4.78, 5) is 10.9. The van der Waals surface area contributed by atoms with E-state index in [4.69, 9.17) is 5.11 Å². The van der Waals surface area contributed by atoms with Gasteiger partial charge in [0.15, 0.2) is 0 Å². The van der Waals surface area contributed by atoms with Crippen LogP contribution in [0.5, 0.6) is 0 Å². The third kappa shape index (κ3) is 3.50. The van der Waals surface area contributed by atoms with Crippen molar-refractivity contribution in [1.82, 2.24) is 0 Å². The molecule has 0 aromatic carbocycles. The topological polar surface area (TPSA) is 57.5 Å². The third-order valence-electron chi connectivity index (χ3n) is 6.89. The summed E-state index contributed by atoms with van der Waals surface area (Å²) in [6.07, 6.45) is 6.25. The molecule has 23 heavy (non-hydrogen) atoms. The molecule has 2 aliphatic carbocycles. The van der Waals surface area contributed by atoms with E-state index in [1.54, 1.807) is 5.57 Å². The number of hydrogen-bond acceptors (Lipinski definition) is 2. The zero-order chi connectivity index (χ0) is 17.4. The second-order valence-electron chi connectivity index (χ2n) is 8.89. The van der Waals surface area contributed by atoms with E-state index >= 15 is 0 Å². The third-order valence-corrected chi connectivity index (χ3v) is 6.89. The summed E-state index contributed by atoms with van der Waals surface area (Å²) < 4.78 is 0. The van der Waals surface area contributed by atoms with Crippen molar-refractivity contribution in [2.45, 2.75) is 85.7 Å². The van der Waals surface area contributed by atoms with Crippen LogP contribution in [0.2, 0.25) is 0 Å². The van der Waals surface area contributed by atoms with Gasteiger partial charge in [-0.2, -0.15) is 0 Å². The molecule has 0 saturated heterocycles. The first kappa shape index (κ1) is 18.5. The zero-order valence-electron chi connectivity index (χ0n) is 15.5. The van der Waals surface area contributed by atoms with Crippen LogP contribution in [0.4, 0.5) is 0 Å². The van der Waals surface area contributed by atoms with Crippen molar-refractivity contribution in [1.29, 1.82) is 0 Å². The smallest absolute Gasteiger partial charge is 0.303 e. The lowest BCUT2D eigenvalue weighted by Gasteiger charge is -2.57. The molecule has 3 nitrogen and oxygen atoms in total. The minimum Gasteiger partial charge on any atom is -0.481 e. The highest BCUT2D eigenvalue weighted by Crippen LogP contribution is 2.60. The molecule has 2 rings (SSSR count). The van der Waals surface area contributed by atoms with E-state index < -0.39 is 5.97 Å². The average Bonchev–Trinajstić information content (AvgIpc) is 2.42. The summed E-state index contributed by atoms with van der Waals surface area (Å²) in [5, 5.41) is 19.4. The van der Waals surface area contributed by atoms with Gasteiger partial charge in [0.05, 0.1) is 6.10 Å². The molecular formula is C20H34O3. The molecular weight excluding hydrogens is 288 g/mol. The lowest BCUT2D eigenvalue weighted by atomic mass is 9.49. The maximum absolute atomic E-state index is 10.9. The number of hydrogen-bond donors (Lipinski definition) is 2. The van der Waals surface area contributed by atoms with Crippen molar-refractivity contribution in [2.75, 3.05) is 0 Å². The molecule has 0 heterocycles. The van der Waals surface area contributed by atoms with Crippen molar-refractivity contribution < 1.29 is 15.0 Å². The molecule has 0 aromatic heterocycles. The molecule has 0 radical (unpaired) electrons. The van der Waals surface area contributed by atoms with E-state index in [-0.39, 0.29) is 29.3 Å².